The Kier molecular flexibility index (Phi) is 5.56. The number of aromatic nitrogens is 1. The lowest BCUT2D eigenvalue weighted by molar-refractivity contribution is -0.246. The number of fused-ring (bicyclic) bond motifs is 1. The molecule has 0 aliphatic carbocycles. The number of para-hydroxylation sites is 1. The summed E-state index contributed by atoms with van der Waals surface area (Å²) in [5, 5.41) is 39.1. The smallest absolute Gasteiger partial charge is 0.343 e. The second-order valence-electron chi connectivity index (χ2n) is 5.96. The summed E-state index contributed by atoms with van der Waals surface area (Å²) in [5.41, 5.74) is 0.644. The number of hydrogen-bond acceptors (Lipinski definition) is 8. The van der Waals surface area contributed by atoms with Gasteiger partial charge in [0.05, 0.1) is 6.61 Å². The molecule has 2 aromatic rings. The molecular weight excluding hydrogens is 346 g/mol. The number of nitrogens with zero attached hydrogens (tertiary/aromatic N) is 1. The maximum absolute atomic E-state index is 12.5. The molecule has 0 bridgehead atoms. The number of ether oxygens (including phenoxy) is 3. The molecule has 9 heteroatoms. The van der Waals surface area contributed by atoms with Crippen LogP contribution in [-0.2, 0) is 14.3 Å². The summed E-state index contributed by atoms with van der Waals surface area (Å²) in [6.07, 6.45) is -2.75. The van der Waals surface area contributed by atoms with Crippen molar-refractivity contribution in [3.8, 4) is 5.75 Å². The van der Waals surface area contributed by atoms with E-state index >= 15 is 0 Å². The molecule has 142 valence electrons. The molecule has 1 aromatic carbocycles. The van der Waals surface area contributed by atoms with E-state index in [2.05, 4.69) is 4.98 Å². The molecule has 1 aliphatic rings. The van der Waals surface area contributed by atoms with Crippen LogP contribution in [0.25, 0.3) is 10.9 Å². The monoisotopic (exact) mass is 366 g/mol. The predicted molar refractivity (Wildman–Crippen MR) is 87.3 cm³/mol. The first-order valence-corrected chi connectivity index (χ1v) is 8.14. The van der Waals surface area contributed by atoms with Crippen molar-refractivity contribution in [2.45, 2.75) is 30.5 Å². The lowest BCUT2D eigenvalue weighted by atomic mass is 10.1. The molecule has 0 saturated carbocycles. The molecule has 1 fully saturated rings. The quantitative estimate of drug-likeness (QED) is 0.355. The van der Waals surface area contributed by atoms with Gasteiger partial charge in [0.15, 0.2) is 6.10 Å². The molecule has 0 unspecified atom stereocenters. The lowest BCUT2D eigenvalue weighted by Gasteiger charge is -2.23. The van der Waals surface area contributed by atoms with E-state index in [0.717, 1.165) is 0 Å². The molecule has 1 saturated heterocycles. The minimum absolute atomic E-state index is 0.0216. The van der Waals surface area contributed by atoms with Crippen molar-refractivity contribution in [3.05, 3.63) is 30.5 Å². The fourth-order valence-electron chi connectivity index (χ4n) is 2.79. The molecule has 26 heavy (non-hydrogen) atoms. The van der Waals surface area contributed by atoms with Crippen molar-refractivity contribution < 1.29 is 39.4 Å². The third-order valence-electron chi connectivity index (χ3n) is 4.18. The molecule has 1 aliphatic heterocycles. The number of hydrogen-bond donors (Lipinski definition) is 4. The van der Waals surface area contributed by atoms with E-state index in [-0.39, 0.29) is 25.4 Å². The zero-order valence-electron chi connectivity index (χ0n) is 13.8. The van der Waals surface area contributed by atoms with Crippen LogP contribution in [0, 0.1) is 0 Å². The molecule has 3 rings (SSSR count). The average Bonchev–Trinajstić information content (AvgIpc) is 3.16. The van der Waals surface area contributed by atoms with Crippen molar-refractivity contribution in [1.29, 1.82) is 0 Å². The number of aliphatic hydroxyl groups excluding tert-OH is 3. The number of rotatable bonds is 7. The number of aliphatic hydroxyl groups is 4. The van der Waals surface area contributed by atoms with Gasteiger partial charge in [0.25, 0.3) is 0 Å². The van der Waals surface area contributed by atoms with Crippen LogP contribution in [0.1, 0.15) is 6.42 Å². The lowest BCUT2D eigenvalue weighted by Crippen LogP contribution is -2.47. The van der Waals surface area contributed by atoms with Gasteiger partial charge < -0.3 is 39.6 Å². The maximum atomic E-state index is 12.5. The van der Waals surface area contributed by atoms with Crippen LogP contribution in [0.15, 0.2) is 30.5 Å². The predicted octanol–water partition coefficient (Wildman–Crippen LogP) is -1.09. The van der Waals surface area contributed by atoms with Crippen molar-refractivity contribution >= 4 is 16.9 Å². The van der Waals surface area contributed by atoms with Gasteiger partial charge >= 0.3 is 5.97 Å². The topological polar surface area (TPSA) is 140 Å². The summed E-state index contributed by atoms with van der Waals surface area (Å²) in [6.45, 7) is -1.05. The Bertz CT molecular complexity index is 762. The molecular formula is C17H20NO8-. The van der Waals surface area contributed by atoms with Crippen molar-refractivity contribution in [2.24, 2.45) is 0 Å². The number of benzene rings is 1. The number of carbonyl (C=O) groups excluding carboxylic acids is 1. The summed E-state index contributed by atoms with van der Waals surface area (Å²) in [6, 6.07) is 7.05. The van der Waals surface area contributed by atoms with Crippen LogP contribution < -0.4 is 9.72 Å². The van der Waals surface area contributed by atoms with E-state index in [1.54, 1.807) is 24.3 Å². The van der Waals surface area contributed by atoms with Crippen LogP contribution in [-0.4, -0.2) is 70.3 Å². The molecule has 2 heterocycles. The second kappa shape index (κ2) is 7.70. The SMILES string of the molecule is O=C(Oc1c[n-]c2ccccc12)[C@@H]1O[C@@](O)(CO)[C@H](O)[C@H]1OCCCO. The van der Waals surface area contributed by atoms with Gasteiger partial charge in [-0.15, -0.1) is 11.7 Å². The summed E-state index contributed by atoms with van der Waals surface area (Å²) in [7, 11) is 0. The number of esters is 1. The van der Waals surface area contributed by atoms with Crippen LogP contribution >= 0.6 is 0 Å². The standard InChI is InChI=1S/C17H20NO8/c19-6-3-7-24-13-14(26-17(23,9-20)15(13)21)16(22)25-12-8-18-11-5-2-1-4-10(11)12/h1-2,4-5,8,13-15,19-21,23H,3,6-7,9H2/q-1/t13-,14+,15+,17-/m0/s1. The van der Waals surface area contributed by atoms with Gasteiger partial charge in [-0.25, -0.2) is 4.79 Å². The van der Waals surface area contributed by atoms with Gasteiger partial charge in [0.1, 0.15) is 18.0 Å². The van der Waals surface area contributed by atoms with Gasteiger partial charge in [-0.1, -0.05) is 24.3 Å². The zero-order chi connectivity index (χ0) is 18.7. The number of carbonyl (C=O) groups is 1. The zero-order valence-corrected chi connectivity index (χ0v) is 13.8. The highest BCUT2D eigenvalue weighted by molar-refractivity contribution is 5.89. The second-order valence-corrected chi connectivity index (χ2v) is 5.96. The van der Waals surface area contributed by atoms with E-state index < -0.39 is 36.7 Å². The van der Waals surface area contributed by atoms with E-state index in [1.807, 2.05) is 0 Å². The van der Waals surface area contributed by atoms with Crippen LogP contribution in [0.3, 0.4) is 0 Å². The summed E-state index contributed by atoms with van der Waals surface area (Å²) >= 11 is 0. The Morgan fingerprint density at radius 1 is 1.31 bits per heavy atom. The Morgan fingerprint density at radius 3 is 2.81 bits per heavy atom. The first kappa shape index (κ1) is 18.8. The maximum Gasteiger partial charge on any atom is 0.343 e. The molecule has 0 spiro atoms. The summed E-state index contributed by atoms with van der Waals surface area (Å²) in [5.74, 6) is -3.04. The van der Waals surface area contributed by atoms with Gasteiger partial charge in [0, 0.05) is 18.6 Å². The fourth-order valence-corrected chi connectivity index (χ4v) is 2.79. The highest BCUT2D eigenvalue weighted by Crippen LogP contribution is 2.33. The van der Waals surface area contributed by atoms with E-state index in [9.17, 15) is 20.1 Å². The van der Waals surface area contributed by atoms with E-state index in [1.165, 1.54) is 6.20 Å². The first-order chi connectivity index (χ1) is 12.5. The van der Waals surface area contributed by atoms with Crippen LogP contribution in [0.5, 0.6) is 5.75 Å². The molecule has 9 nitrogen and oxygen atoms in total. The summed E-state index contributed by atoms with van der Waals surface area (Å²) < 4.78 is 15.8. The highest BCUT2D eigenvalue weighted by Gasteiger charge is 2.57. The minimum atomic E-state index is -2.35. The largest absolute Gasteiger partial charge is 0.661 e. The molecule has 0 radical (unpaired) electrons. The third kappa shape index (κ3) is 3.45. The van der Waals surface area contributed by atoms with Gasteiger partial charge in [-0.05, 0) is 6.42 Å². The summed E-state index contributed by atoms with van der Waals surface area (Å²) in [4.78, 5) is 16.7. The Balaban J connectivity index is 1.78. The third-order valence-corrected chi connectivity index (χ3v) is 4.18. The minimum Gasteiger partial charge on any atom is -0.661 e. The normalized spacial score (nSPS) is 28.5. The Labute approximate surface area is 148 Å². The highest BCUT2D eigenvalue weighted by atomic mass is 16.7. The van der Waals surface area contributed by atoms with Crippen molar-refractivity contribution in [1.82, 2.24) is 4.98 Å². The molecule has 4 atom stereocenters. The average molecular weight is 366 g/mol. The Morgan fingerprint density at radius 2 is 2.08 bits per heavy atom. The van der Waals surface area contributed by atoms with Gasteiger partial charge in [-0.3, -0.25) is 0 Å². The van der Waals surface area contributed by atoms with Crippen LogP contribution in [0.2, 0.25) is 0 Å². The van der Waals surface area contributed by atoms with Gasteiger partial charge in [-0.2, -0.15) is 0 Å². The molecule has 4 N–H and O–H groups in total. The Hall–Kier alpha value is -2.01. The first-order valence-electron chi connectivity index (χ1n) is 8.14. The van der Waals surface area contributed by atoms with E-state index in [4.69, 9.17) is 19.3 Å². The fraction of sp³-hybridized carbons (Fsp3) is 0.471. The van der Waals surface area contributed by atoms with Gasteiger partial charge in [0.2, 0.25) is 5.79 Å². The molecule has 1 aromatic heterocycles. The van der Waals surface area contributed by atoms with Crippen LogP contribution in [0.4, 0.5) is 0 Å². The van der Waals surface area contributed by atoms with Crippen molar-refractivity contribution in [2.75, 3.05) is 19.8 Å². The van der Waals surface area contributed by atoms with E-state index in [0.29, 0.717) is 10.9 Å². The molecule has 0 amide bonds. The van der Waals surface area contributed by atoms with Crippen molar-refractivity contribution in [3.63, 3.8) is 0 Å².